The van der Waals surface area contributed by atoms with Crippen LogP contribution in [0.3, 0.4) is 0 Å². The molecule has 0 radical (unpaired) electrons. The van der Waals surface area contributed by atoms with Crippen molar-refractivity contribution in [3.05, 3.63) is 30.0 Å². The zero-order valence-corrected chi connectivity index (χ0v) is 12.2. The van der Waals surface area contributed by atoms with E-state index in [2.05, 4.69) is 46.4 Å². The Balaban J connectivity index is 1.95. The van der Waals surface area contributed by atoms with Gasteiger partial charge in [-0.2, -0.15) is 5.10 Å². The number of benzene rings is 1. The van der Waals surface area contributed by atoms with Gasteiger partial charge in [-0.25, -0.2) is 0 Å². The summed E-state index contributed by atoms with van der Waals surface area (Å²) in [5.41, 5.74) is 6.99. The smallest absolute Gasteiger partial charge is 0.159 e. The molecule has 0 spiro atoms. The number of aryl methyl sites for hydroxylation is 1. The Hall–Kier alpha value is -1.68. The molecule has 4 heteroatoms. The number of aromatic nitrogens is 2. The molecule has 1 heterocycles. The number of nitrogens with two attached hydrogens (primary N) is 1. The summed E-state index contributed by atoms with van der Waals surface area (Å²) in [6, 6.07) is 9.28. The van der Waals surface area contributed by atoms with Crippen LogP contribution in [0.2, 0.25) is 0 Å². The first-order chi connectivity index (χ1) is 9.66. The van der Waals surface area contributed by atoms with E-state index in [0.29, 0.717) is 12.1 Å². The number of hydrogen-bond acceptors (Lipinski definition) is 4. The number of rotatable bonds is 2. The monoisotopic (exact) mass is 270 g/mol. The first kappa shape index (κ1) is 13.3. The van der Waals surface area contributed by atoms with Crippen molar-refractivity contribution in [2.24, 2.45) is 5.73 Å². The van der Waals surface area contributed by atoms with Crippen LogP contribution in [-0.4, -0.2) is 29.3 Å². The summed E-state index contributed by atoms with van der Waals surface area (Å²) in [7, 11) is 2.13. The molecule has 1 fully saturated rings. The Morgan fingerprint density at radius 2 is 1.70 bits per heavy atom. The lowest BCUT2D eigenvalue weighted by atomic mass is 9.91. The number of nitrogens with zero attached hydrogens (tertiary/aromatic N) is 3. The zero-order valence-electron chi connectivity index (χ0n) is 12.2. The molecule has 1 aromatic heterocycles. The van der Waals surface area contributed by atoms with Crippen LogP contribution in [0.15, 0.2) is 24.3 Å². The Bertz CT molecular complexity index is 602. The fourth-order valence-corrected chi connectivity index (χ4v) is 3.15. The molecule has 1 saturated carbocycles. The maximum absolute atomic E-state index is 6.00. The third-order valence-electron chi connectivity index (χ3n) is 4.48. The lowest BCUT2D eigenvalue weighted by Gasteiger charge is -2.34. The minimum absolute atomic E-state index is 0.375. The largest absolute Gasteiger partial charge is 0.355 e. The molecule has 0 unspecified atom stereocenters. The zero-order chi connectivity index (χ0) is 14.1. The van der Waals surface area contributed by atoms with E-state index in [9.17, 15) is 0 Å². The van der Waals surface area contributed by atoms with E-state index in [0.717, 1.165) is 37.2 Å². The topological polar surface area (TPSA) is 55.0 Å². The lowest BCUT2D eigenvalue weighted by molar-refractivity contribution is 0.384. The summed E-state index contributed by atoms with van der Waals surface area (Å²) in [6.45, 7) is 2.01. The van der Waals surface area contributed by atoms with Gasteiger partial charge in [0.2, 0.25) is 0 Å². The van der Waals surface area contributed by atoms with Gasteiger partial charge in [0.05, 0.1) is 5.69 Å². The van der Waals surface area contributed by atoms with Gasteiger partial charge in [0, 0.05) is 29.9 Å². The normalized spacial score (nSPS) is 22.9. The first-order valence-electron chi connectivity index (χ1n) is 7.37. The molecule has 1 aromatic carbocycles. The quantitative estimate of drug-likeness (QED) is 0.911. The van der Waals surface area contributed by atoms with Crippen LogP contribution < -0.4 is 10.6 Å². The van der Waals surface area contributed by atoms with Crippen molar-refractivity contribution in [2.45, 2.75) is 44.7 Å². The first-order valence-corrected chi connectivity index (χ1v) is 7.37. The van der Waals surface area contributed by atoms with Crippen molar-refractivity contribution in [1.29, 1.82) is 0 Å². The highest BCUT2D eigenvalue weighted by Crippen LogP contribution is 2.29. The summed E-state index contributed by atoms with van der Waals surface area (Å²) in [4.78, 5) is 2.29. The van der Waals surface area contributed by atoms with Gasteiger partial charge >= 0.3 is 0 Å². The Morgan fingerprint density at radius 1 is 1.05 bits per heavy atom. The molecule has 0 atom stereocenters. The number of fused-ring (bicyclic) bond motifs is 1. The fourth-order valence-electron chi connectivity index (χ4n) is 3.15. The van der Waals surface area contributed by atoms with Crippen LogP contribution in [0.1, 0.15) is 31.4 Å². The molecule has 1 aliphatic carbocycles. The van der Waals surface area contributed by atoms with Gasteiger partial charge in [-0.15, -0.1) is 5.10 Å². The third kappa shape index (κ3) is 2.36. The molecule has 1 aliphatic rings. The highest BCUT2D eigenvalue weighted by molar-refractivity contribution is 5.93. The van der Waals surface area contributed by atoms with Gasteiger partial charge in [-0.05, 0) is 32.6 Å². The van der Waals surface area contributed by atoms with Gasteiger partial charge in [0.1, 0.15) is 0 Å². The summed E-state index contributed by atoms with van der Waals surface area (Å²) in [6.07, 6.45) is 4.49. The van der Waals surface area contributed by atoms with E-state index in [4.69, 9.17) is 5.73 Å². The molecule has 0 bridgehead atoms. The van der Waals surface area contributed by atoms with Gasteiger partial charge < -0.3 is 10.6 Å². The molecular weight excluding hydrogens is 248 g/mol. The van der Waals surface area contributed by atoms with Gasteiger partial charge in [0.15, 0.2) is 5.82 Å². The van der Waals surface area contributed by atoms with Crippen LogP contribution in [0.5, 0.6) is 0 Å². The summed E-state index contributed by atoms with van der Waals surface area (Å²) in [5, 5.41) is 11.2. The lowest BCUT2D eigenvalue weighted by Crippen LogP contribution is -2.39. The van der Waals surface area contributed by atoms with E-state index >= 15 is 0 Å². The molecular formula is C16H22N4. The van der Waals surface area contributed by atoms with Crippen molar-refractivity contribution in [3.8, 4) is 0 Å². The summed E-state index contributed by atoms with van der Waals surface area (Å²) < 4.78 is 0. The minimum Gasteiger partial charge on any atom is -0.355 e. The van der Waals surface area contributed by atoms with Crippen LogP contribution in [0.4, 0.5) is 5.82 Å². The second-order valence-electron chi connectivity index (χ2n) is 5.83. The summed E-state index contributed by atoms with van der Waals surface area (Å²) >= 11 is 0. The van der Waals surface area contributed by atoms with Crippen molar-refractivity contribution in [2.75, 3.05) is 11.9 Å². The average molecular weight is 270 g/mol. The Labute approximate surface area is 120 Å². The van der Waals surface area contributed by atoms with Crippen molar-refractivity contribution in [1.82, 2.24) is 10.2 Å². The Morgan fingerprint density at radius 3 is 2.40 bits per heavy atom. The van der Waals surface area contributed by atoms with E-state index in [1.165, 1.54) is 10.8 Å². The molecule has 3 rings (SSSR count). The predicted octanol–water partition coefficient (Wildman–Crippen LogP) is 2.64. The standard InChI is InChI=1S/C16H22N4/c1-11-14-5-3-4-6-15(14)16(19-18-11)20(2)13-9-7-12(17)8-10-13/h3-6,12-13H,7-10,17H2,1-2H3. The fraction of sp³-hybridized carbons (Fsp3) is 0.500. The SMILES string of the molecule is Cc1nnc(N(C)C2CCC(N)CC2)c2ccccc12. The van der Waals surface area contributed by atoms with Crippen molar-refractivity contribution >= 4 is 16.6 Å². The van der Waals surface area contributed by atoms with Crippen molar-refractivity contribution < 1.29 is 0 Å². The predicted molar refractivity (Wildman–Crippen MR) is 82.9 cm³/mol. The molecule has 0 saturated heterocycles. The van der Waals surface area contributed by atoms with Crippen LogP contribution in [0, 0.1) is 6.92 Å². The molecule has 0 aliphatic heterocycles. The minimum atomic E-state index is 0.375. The van der Waals surface area contributed by atoms with Crippen LogP contribution >= 0.6 is 0 Å². The molecule has 4 nitrogen and oxygen atoms in total. The molecule has 2 N–H and O–H groups in total. The highest BCUT2D eigenvalue weighted by Gasteiger charge is 2.24. The van der Waals surface area contributed by atoms with E-state index in [-0.39, 0.29) is 0 Å². The second kappa shape index (κ2) is 5.37. The highest BCUT2D eigenvalue weighted by atomic mass is 15.3. The second-order valence-corrected chi connectivity index (χ2v) is 5.83. The number of anilines is 1. The molecule has 106 valence electrons. The molecule has 0 amide bonds. The third-order valence-corrected chi connectivity index (χ3v) is 4.48. The van der Waals surface area contributed by atoms with Gasteiger partial charge in [-0.1, -0.05) is 24.3 Å². The summed E-state index contributed by atoms with van der Waals surface area (Å²) in [5.74, 6) is 0.992. The average Bonchev–Trinajstić information content (AvgIpc) is 2.48. The maximum atomic E-state index is 6.00. The van der Waals surface area contributed by atoms with E-state index in [1.54, 1.807) is 0 Å². The molecule has 20 heavy (non-hydrogen) atoms. The van der Waals surface area contributed by atoms with Gasteiger partial charge in [0.25, 0.3) is 0 Å². The van der Waals surface area contributed by atoms with Gasteiger partial charge in [-0.3, -0.25) is 0 Å². The van der Waals surface area contributed by atoms with Crippen molar-refractivity contribution in [3.63, 3.8) is 0 Å². The Kier molecular flexibility index (Phi) is 3.57. The van der Waals surface area contributed by atoms with Crippen LogP contribution in [0.25, 0.3) is 10.8 Å². The van der Waals surface area contributed by atoms with E-state index < -0.39 is 0 Å². The number of hydrogen-bond donors (Lipinski definition) is 1. The maximum Gasteiger partial charge on any atom is 0.159 e. The van der Waals surface area contributed by atoms with E-state index in [1.807, 2.05) is 6.92 Å². The molecule has 2 aromatic rings. The van der Waals surface area contributed by atoms with Crippen LogP contribution in [-0.2, 0) is 0 Å².